The number of nitrogens with one attached hydrogen (secondary N) is 2. The normalized spacial score (nSPS) is 11.6. The number of unbranched alkanes of at least 4 members (excludes halogenated alkanes) is 1. The second-order valence-corrected chi connectivity index (χ2v) is 5.24. The van der Waals surface area contributed by atoms with Gasteiger partial charge in [-0.15, -0.1) is 0 Å². The molecule has 146 valence electrons. The summed E-state index contributed by atoms with van der Waals surface area (Å²) in [6.07, 6.45) is -2.84. The highest BCUT2D eigenvalue weighted by atomic mass is 19.4. The minimum atomic E-state index is -5.08. The predicted molar refractivity (Wildman–Crippen MR) is 89.3 cm³/mol. The van der Waals surface area contributed by atoms with E-state index in [0.717, 1.165) is 18.5 Å². The highest BCUT2D eigenvalue weighted by Crippen LogP contribution is 2.13. The predicted octanol–water partition coefficient (Wildman–Crippen LogP) is 1.89. The van der Waals surface area contributed by atoms with Gasteiger partial charge >= 0.3 is 12.1 Å². The largest absolute Gasteiger partial charge is 0.490 e. The van der Waals surface area contributed by atoms with E-state index in [2.05, 4.69) is 10.6 Å². The first kappa shape index (κ1) is 23.4. The van der Waals surface area contributed by atoms with E-state index in [-0.39, 0.29) is 11.8 Å². The van der Waals surface area contributed by atoms with Crippen LogP contribution in [0.1, 0.15) is 26.2 Å². The van der Waals surface area contributed by atoms with Gasteiger partial charge in [0, 0.05) is 19.2 Å². The first-order valence-corrected chi connectivity index (χ1v) is 7.70. The van der Waals surface area contributed by atoms with Crippen LogP contribution in [0, 0.1) is 0 Å². The van der Waals surface area contributed by atoms with Gasteiger partial charge in [0.25, 0.3) is 0 Å². The first-order chi connectivity index (χ1) is 12.0. The number of halogens is 3. The number of amides is 2. The summed E-state index contributed by atoms with van der Waals surface area (Å²) in [6, 6.07) is 8.72. The van der Waals surface area contributed by atoms with Gasteiger partial charge in [-0.2, -0.15) is 13.2 Å². The standard InChI is InChI=1S/C14H21N3O2.C2HF3O2/c1-11(18)16-10-6-5-9-13(15)14(19)17-12-7-3-2-4-8-12;3-2(4,5)1(6)7/h2-4,7-8,13H,5-6,9-10,15H2,1H3,(H,16,18)(H,17,19);(H,6,7)/t13-;/m0./s1. The fourth-order valence-electron chi connectivity index (χ4n) is 1.64. The van der Waals surface area contributed by atoms with Crippen LogP contribution >= 0.6 is 0 Å². The monoisotopic (exact) mass is 377 g/mol. The van der Waals surface area contributed by atoms with Gasteiger partial charge in [0.1, 0.15) is 0 Å². The molecular formula is C16H22F3N3O4. The molecule has 7 nitrogen and oxygen atoms in total. The fraction of sp³-hybridized carbons (Fsp3) is 0.438. The molecule has 0 aromatic heterocycles. The van der Waals surface area contributed by atoms with Crippen molar-refractivity contribution >= 4 is 23.5 Å². The lowest BCUT2D eigenvalue weighted by Crippen LogP contribution is -2.35. The molecule has 0 radical (unpaired) electrons. The first-order valence-electron chi connectivity index (χ1n) is 7.70. The number of aliphatic carboxylic acids is 1. The average Bonchev–Trinajstić information content (AvgIpc) is 2.54. The van der Waals surface area contributed by atoms with Crippen LogP contribution in [0.5, 0.6) is 0 Å². The number of benzene rings is 1. The van der Waals surface area contributed by atoms with E-state index in [0.29, 0.717) is 13.0 Å². The zero-order valence-electron chi connectivity index (χ0n) is 14.2. The summed E-state index contributed by atoms with van der Waals surface area (Å²) >= 11 is 0. The Labute approximate surface area is 148 Å². The van der Waals surface area contributed by atoms with Gasteiger partial charge in [0.05, 0.1) is 6.04 Å². The lowest BCUT2D eigenvalue weighted by atomic mass is 10.1. The molecule has 0 unspecified atom stereocenters. The highest BCUT2D eigenvalue weighted by molar-refractivity contribution is 5.94. The highest BCUT2D eigenvalue weighted by Gasteiger charge is 2.38. The molecule has 1 atom stereocenters. The van der Waals surface area contributed by atoms with E-state index in [1.54, 1.807) is 0 Å². The lowest BCUT2D eigenvalue weighted by molar-refractivity contribution is -0.192. The molecule has 1 aromatic rings. The van der Waals surface area contributed by atoms with Crippen LogP contribution < -0.4 is 16.4 Å². The van der Waals surface area contributed by atoms with Crippen molar-refractivity contribution in [1.82, 2.24) is 5.32 Å². The van der Waals surface area contributed by atoms with Gasteiger partial charge in [0.15, 0.2) is 0 Å². The Kier molecular flexibility index (Phi) is 10.7. The number of para-hydroxylation sites is 1. The number of anilines is 1. The number of hydrogen-bond acceptors (Lipinski definition) is 4. The van der Waals surface area contributed by atoms with Crippen molar-refractivity contribution in [3.05, 3.63) is 30.3 Å². The smallest absolute Gasteiger partial charge is 0.475 e. The molecule has 0 bridgehead atoms. The molecule has 0 aliphatic heterocycles. The molecular weight excluding hydrogens is 355 g/mol. The maximum atomic E-state index is 11.8. The van der Waals surface area contributed by atoms with Crippen LogP contribution in [0.4, 0.5) is 18.9 Å². The van der Waals surface area contributed by atoms with Gasteiger partial charge in [-0.05, 0) is 31.4 Å². The summed E-state index contributed by atoms with van der Waals surface area (Å²) in [7, 11) is 0. The van der Waals surface area contributed by atoms with Crippen molar-refractivity contribution in [2.75, 3.05) is 11.9 Å². The second kappa shape index (κ2) is 11.9. The molecule has 0 aliphatic rings. The molecule has 1 rings (SSSR count). The summed E-state index contributed by atoms with van der Waals surface area (Å²) in [6.45, 7) is 2.11. The van der Waals surface area contributed by atoms with E-state index in [9.17, 15) is 22.8 Å². The number of alkyl halides is 3. The summed E-state index contributed by atoms with van der Waals surface area (Å²) < 4.78 is 31.7. The maximum Gasteiger partial charge on any atom is 0.490 e. The Morgan fingerprint density at radius 1 is 1.15 bits per heavy atom. The molecule has 0 aliphatic carbocycles. The van der Waals surface area contributed by atoms with E-state index >= 15 is 0 Å². The van der Waals surface area contributed by atoms with E-state index in [1.165, 1.54) is 6.92 Å². The molecule has 26 heavy (non-hydrogen) atoms. The topological polar surface area (TPSA) is 122 Å². The van der Waals surface area contributed by atoms with Crippen molar-refractivity contribution < 1.29 is 32.7 Å². The van der Waals surface area contributed by atoms with Crippen LogP contribution in [0.3, 0.4) is 0 Å². The molecule has 5 N–H and O–H groups in total. The van der Waals surface area contributed by atoms with Crippen molar-refractivity contribution in [2.24, 2.45) is 5.73 Å². The quantitative estimate of drug-likeness (QED) is 0.541. The number of carboxylic acid groups (broad SMARTS) is 1. The molecule has 1 aromatic carbocycles. The Hall–Kier alpha value is -2.62. The fourth-order valence-corrected chi connectivity index (χ4v) is 1.64. The molecule has 0 saturated carbocycles. The number of carbonyl (C=O) groups is 3. The van der Waals surface area contributed by atoms with Crippen LogP contribution in [0.25, 0.3) is 0 Å². The summed E-state index contributed by atoms with van der Waals surface area (Å²) in [5.41, 5.74) is 6.56. The van der Waals surface area contributed by atoms with E-state index in [4.69, 9.17) is 15.6 Å². The third-order valence-electron chi connectivity index (χ3n) is 2.94. The van der Waals surface area contributed by atoms with Crippen LogP contribution in [0.15, 0.2) is 30.3 Å². The zero-order chi connectivity index (χ0) is 20.2. The molecule has 0 fully saturated rings. The Morgan fingerprint density at radius 3 is 2.15 bits per heavy atom. The van der Waals surface area contributed by atoms with Crippen LogP contribution in [0.2, 0.25) is 0 Å². The van der Waals surface area contributed by atoms with Crippen molar-refractivity contribution in [1.29, 1.82) is 0 Å². The summed E-state index contributed by atoms with van der Waals surface area (Å²) in [5.74, 6) is -2.97. The number of carboxylic acids is 1. The van der Waals surface area contributed by atoms with Gasteiger partial charge in [-0.25, -0.2) is 4.79 Å². The van der Waals surface area contributed by atoms with Gasteiger partial charge in [-0.1, -0.05) is 18.2 Å². The lowest BCUT2D eigenvalue weighted by Gasteiger charge is -2.12. The Bertz CT molecular complexity index is 580. The summed E-state index contributed by atoms with van der Waals surface area (Å²) in [5, 5.41) is 12.6. The maximum absolute atomic E-state index is 11.8. The molecule has 10 heteroatoms. The number of nitrogens with two attached hydrogens (primary N) is 1. The van der Waals surface area contributed by atoms with Crippen LogP contribution in [-0.4, -0.2) is 41.7 Å². The minimum absolute atomic E-state index is 0.0360. The minimum Gasteiger partial charge on any atom is -0.475 e. The van der Waals surface area contributed by atoms with Crippen LogP contribution in [-0.2, 0) is 14.4 Å². The molecule has 0 heterocycles. The van der Waals surface area contributed by atoms with Crippen molar-refractivity contribution in [3.8, 4) is 0 Å². The summed E-state index contributed by atoms with van der Waals surface area (Å²) in [4.78, 5) is 31.3. The second-order valence-electron chi connectivity index (χ2n) is 5.24. The van der Waals surface area contributed by atoms with Gasteiger partial charge < -0.3 is 21.5 Å². The van der Waals surface area contributed by atoms with Crippen molar-refractivity contribution in [2.45, 2.75) is 38.4 Å². The molecule has 0 spiro atoms. The van der Waals surface area contributed by atoms with E-state index < -0.39 is 18.2 Å². The average molecular weight is 377 g/mol. The third kappa shape index (κ3) is 11.8. The Balaban J connectivity index is 0.000000758. The SMILES string of the molecule is CC(=O)NCCCC[C@H](N)C(=O)Nc1ccccc1.O=C(O)C(F)(F)F. The third-order valence-corrected chi connectivity index (χ3v) is 2.94. The molecule has 0 saturated heterocycles. The number of rotatable bonds is 7. The van der Waals surface area contributed by atoms with Gasteiger partial charge in [-0.3, -0.25) is 9.59 Å². The zero-order valence-corrected chi connectivity index (χ0v) is 14.2. The number of carbonyl (C=O) groups excluding carboxylic acids is 2. The van der Waals surface area contributed by atoms with Gasteiger partial charge in [0.2, 0.25) is 11.8 Å². The Morgan fingerprint density at radius 2 is 1.69 bits per heavy atom. The van der Waals surface area contributed by atoms with E-state index in [1.807, 2.05) is 30.3 Å². The number of hydrogen-bond donors (Lipinski definition) is 4. The van der Waals surface area contributed by atoms with Crippen molar-refractivity contribution in [3.63, 3.8) is 0 Å². The molecule has 2 amide bonds.